The van der Waals surface area contributed by atoms with Crippen LogP contribution < -0.4 is 59.2 Å². The second kappa shape index (κ2) is 29.4. The zero-order valence-corrected chi connectivity index (χ0v) is 42.9. The summed E-state index contributed by atoms with van der Waals surface area (Å²) in [6.07, 6.45) is 3.51. The van der Waals surface area contributed by atoms with Crippen LogP contribution in [0.25, 0.3) is 0 Å². The Morgan fingerprint density at radius 1 is 0.743 bits per heavy atom. The summed E-state index contributed by atoms with van der Waals surface area (Å²) < 4.78 is 5.32. The van der Waals surface area contributed by atoms with Crippen LogP contribution in [-0.4, -0.2) is 154 Å². The first-order chi connectivity index (χ1) is 35.3. The largest absolute Gasteiger partial charge is 0.497 e. The summed E-state index contributed by atoms with van der Waals surface area (Å²) in [5, 5.41) is 28.8. The number of hydrogen-bond acceptors (Lipinski definition) is 13. The van der Waals surface area contributed by atoms with Gasteiger partial charge in [0.1, 0.15) is 54.1 Å². The number of aliphatic imine (C=N–C) groups is 1. The van der Waals surface area contributed by atoms with Gasteiger partial charge in [0.25, 0.3) is 0 Å². The summed E-state index contributed by atoms with van der Waals surface area (Å²) in [4.78, 5) is 140. The summed E-state index contributed by atoms with van der Waals surface area (Å²) in [5.41, 5.74) is 17.9. The van der Waals surface area contributed by atoms with E-state index in [0.717, 1.165) is 0 Å². The Bertz CT molecular complexity index is 2260. The van der Waals surface area contributed by atoms with Gasteiger partial charge in [-0.15, -0.1) is 0 Å². The Hall–Kier alpha value is -7.31. The second-order valence-electron chi connectivity index (χ2n) is 19.1. The van der Waals surface area contributed by atoms with Crippen molar-refractivity contribution in [3.05, 3.63) is 48.0 Å². The van der Waals surface area contributed by atoms with Gasteiger partial charge in [0.15, 0.2) is 5.96 Å². The monoisotopic (exact) mass is 1040 g/mol. The van der Waals surface area contributed by atoms with Crippen LogP contribution in [0, 0.1) is 11.8 Å². The highest BCUT2D eigenvalue weighted by atomic mass is 16.5. The molecule has 0 bridgehead atoms. The Morgan fingerprint density at radius 3 is 1.89 bits per heavy atom. The number of carboxylic acids is 1. The van der Waals surface area contributed by atoms with Gasteiger partial charge in [-0.3, -0.25) is 48.1 Å². The van der Waals surface area contributed by atoms with Crippen molar-refractivity contribution in [1.29, 1.82) is 0 Å². The smallest absolute Gasteiger partial charge is 0.303 e. The lowest BCUT2D eigenvalue weighted by atomic mass is 9.96. The van der Waals surface area contributed by atoms with Crippen LogP contribution in [0.2, 0.25) is 0 Å². The summed E-state index contributed by atoms with van der Waals surface area (Å²) in [5.74, 6) is -8.27. The molecule has 0 spiro atoms. The number of imidazole rings is 1. The van der Waals surface area contributed by atoms with Crippen LogP contribution in [0.4, 0.5) is 0 Å². The van der Waals surface area contributed by atoms with Crippen LogP contribution >= 0.6 is 0 Å². The van der Waals surface area contributed by atoms with Crippen molar-refractivity contribution in [2.45, 2.75) is 153 Å². The number of aliphatic carboxylic acids is 1. The molecule has 8 amide bonds. The maximum absolute atomic E-state index is 14.7. The number of nitrogens with zero attached hydrogens (tertiary/aromatic N) is 3. The second-order valence-corrected chi connectivity index (χ2v) is 19.1. The molecule has 2 aliphatic heterocycles. The Balaban J connectivity index is 1.86. The number of carbonyl (C=O) groups excluding carboxylic acids is 8. The van der Waals surface area contributed by atoms with Gasteiger partial charge in [-0.1, -0.05) is 46.2 Å². The van der Waals surface area contributed by atoms with E-state index in [1.165, 1.54) is 24.5 Å². The van der Waals surface area contributed by atoms with Crippen molar-refractivity contribution in [3.63, 3.8) is 0 Å². The van der Waals surface area contributed by atoms with E-state index in [2.05, 4.69) is 52.2 Å². The summed E-state index contributed by atoms with van der Waals surface area (Å²) in [6.45, 7) is 7.27. The lowest BCUT2D eigenvalue weighted by Crippen LogP contribution is -2.62. The first-order valence-corrected chi connectivity index (χ1v) is 25.3. The molecule has 4 rings (SSSR count). The molecule has 9 atom stereocenters. The molecular formula is C49H76N14O11. The van der Waals surface area contributed by atoms with E-state index >= 15 is 0 Å². The average Bonchev–Trinajstić information content (AvgIpc) is 4.08. The molecule has 15 N–H and O–H groups in total. The van der Waals surface area contributed by atoms with Gasteiger partial charge in [-0.25, -0.2) is 4.98 Å². The highest BCUT2D eigenvalue weighted by Gasteiger charge is 2.41. The fraction of sp³-hybridized carbons (Fsp3) is 0.612. The van der Waals surface area contributed by atoms with Gasteiger partial charge in [0.05, 0.1) is 13.4 Å². The van der Waals surface area contributed by atoms with Gasteiger partial charge in [0, 0.05) is 44.2 Å². The maximum atomic E-state index is 14.7. The maximum Gasteiger partial charge on any atom is 0.303 e. The van der Waals surface area contributed by atoms with E-state index in [4.69, 9.17) is 21.9 Å². The van der Waals surface area contributed by atoms with Crippen LogP contribution in [0.15, 0.2) is 41.8 Å². The van der Waals surface area contributed by atoms with Gasteiger partial charge in [-0.2, -0.15) is 0 Å². The summed E-state index contributed by atoms with van der Waals surface area (Å²) >= 11 is 0. The van der Waals surface area contributed by atoms with Crippen LogP contribution in [-0.2, 0) is 56.0 Å². The number of ether oxygens (including phenoxy) is 1. The Labute approximate surface area is 430 Å². The molecule has 3 heterocycles. The standard InChI is InChI=1S/C49H76N14O11/c1-6-28(4)40-47(72)60-36(24-30-25-53-26-55-30)48(73)63-22-10-13-37(63)45(70)58-34(18-19-38(64)65)42(67)56-32(11-7-8-20-50)41(66)57-33(12-9-21-54-49(51)52)43(68)61-39(27(2)3)46(71)59-35(44(69)62-40)23-29-14-16-31(74-5)17-15-29/h14-17,25-28,32-37,39-40H,6-13,18-24,50H2,1-5H3,(H,53,55)(H,56,67)(H,57,66)(H,58,70)(H,59,71)(H,60,72)(H,61,68)(H,62,69)(H,64,65)(H4,51,52,54)/t28-,32-,33-,34-,35-,36-,37-,39-,40-/m0/s1. The van der Waals surface area contributed by atoms with Crippen molar-refractivity contribution in [3.8, 4) is 5.75 Å². The number of nitrogens with two attached hydrogens (primary N) is 3. The molecule has 0 radical (unpaired) electrons. The summed E-state index contributed by atoms with van der Waals surface area (Å²) in [6, 6.07) is -3.80. The van der Waals surface area contributed by atoms with E-state index < -0.39 is 126 Å². The molecule has 0 saturated carbocycles. The molecular weight excluding hydrogens is 961 g/mol. The topological polar surface area (TPSA) is 390 Å². The molecule has 0 aliphatic carbocycles. The Morgan fingerprint density at radius 2 is 1.31 bits per heavy atom. The molecule has 1 aromatic heterocycles. The highest BCUT2D eigenvalue weighted by Crippen LogP contribution is 2.22. The SMILES string of the molecule is CC[C@H](C)[C@@H]1NC(=O)[C@H](Cc2ccc(OC)cc2)NC(=O)[C@H](C(C)C)NC(=O)[C@H](CCCN=C(N)N)NC(=O)[C@H](CCCCN)NC(=O)[C@H](CCC(=O)O)NC(=O)[C@@H]2CCCN2C(=O)[C@H](Cc2cnc[nH]2)NC1=O. The first-order valence-electron chi connectivity index (χ1n) is 25.3. The van der Waals surface area contributed by atoms with Gasteiger partial charge in [0.2, 0.25) is 47.3 Å². The van der Waals surface area contributed by atoms with E-state index in [1.807, 2.05) is 6.92 Å². The third kappa shape index (κ3) is 18.0. The molecule has 74 heavy (non-hydrogen) atoms. The number of unbranched alkanes of at least 4 members (excludes halogenated alkanes) is 1. The van der Waals surface area contributed by atoms with Crippen LogP contribution in [0.1, 0.15) is 103 Å². The van der Waals surface area contributed by atoms with Gasteiger partial charge < -0.3 is 74.1 Å². The van der Waals surface area contributed by atoms with Crippen molar-refractivity contribution < 1.29 is 53.0 Å². The molecule has 1 aromatic carbocycles. The fourth-order valence-electron chi connectivity index (χ4n) is 8.68. The normalized spacial score (nSPS) is 24.4. The van der Waals surface area contributed by atoms with E-state index in [0.29, 0.717) is 42.7 Å². The molecule has 25 nitrogen and oxygen atoms in total. The van der Waals surface area contributed by atoms with Crippen LogP contribution in [0.5, 0.6) is 5.75 Å². The predicted molar refractivity (Wildman–Crippen MR) is 271 cm³/mol. The van der Waals surface area contributed by atoms with Crippen molar-refractivity contribution in [2.75, 3.05) is 26.7 Å². The molecule has 2 fully saturated rings. The molecule has 2 saturated heterocycles. The van der Waals surface area contributed by atoms with Gasteiger partial charge in [-0.05, 0) is 87.4 Å². The number of aromatic nitrogens is 2. The molecule has 25 heteroatoms. The lowest BCUT2D eigenvalue weighted by molar-refractivity contribution is -0.143. The third-order valence-electron chi connectivity index (χ3n) is 13.1. The average molecular weight is 1040 g/mol. The number of H-pyrrole nitrogens is 1. The minimum Gasteiger partial charge on any atom is -0.497 e. The molecule has 0 unspecified atom stereocenters. The number of methoxy groups -OCH3 is 1. The minimum atomic E-state index is -1.51. The van der Waals surface area contributed by atoms with Crippen molar-refractivity contribution in [2.24, 2.45) is 34.0 Å². The minimum absolute atomic E-state index is 0.0115. The molecule has 2 aromatic rings. The van der Waals surface area contributed by atoms with E-state index in [-0.39, 0.29) is 64.1 Å². The van der Waals surface area contributed by atoms with E-state index in [1.54, 1.807) is 45.0 Å². The summed E-state index contributed by atoms with van der Waals surface area (Å²) in [7, 11) is 1.50. The number of carbonyl (C=O) groups is 9. The molecule has 408 valence electrons. The number of rotatable bonds is 19. The molecule has 2 aliphatic rings. The fourth-order valence-corrected chi connectivity index (χ4v) is 8.68. The number of aromatic amines is 1. The predicted octanol–water partition coefficient (Wildman–Crippen LogP) is -1.65. The van der Waals surface area contributed by atoms with Crippen LogP contribution in [0.3, 0.4) is 0 Å². The number of nitrogens with one attached hydrogen (secondary N) is 8. The number of carboxylic acid groups (broad SMARTS) is 1. The number of fused-ring (bicyclic) bond motifs is 1. The third-order valence-corrected chi connectivity index (χ3v) is 13.1. The number of amides is 8. The number of guanidine groups is 1. The zero-order chi connectivity index (χ0) is 54.5. The van der Waals surface area contributed by atoms with Crippen molar-refractivity contribution in [1.82, 2.24) is 52.1 Å². The Kier molecular flexibility index (Phi) is 23.5. The van der Waals surface area contributed by atoms with Gasteiger partial charge >= 0.3 is 5.97 Å². The number of hydrogen-bond donors (Lipinski definition) is 12. The highest BCUT2D eigenvalue weighted by molar-refractivity contribution is 5.99. The first kappa shape index (κ1) is 59.3. The lowest BCUT2D eigenvalue weighted by Gasteiger charge is -2.32. The van der Waals surface area contributed by atoms with Crippen molar-refractivity contribution >= 4 is 59.2 Å². The zero-order valence-electron chi connectivity index (χ0n) is 42.9. The number of benzene rings is 1. The quantitative estimate of drug-likeness (QED) is 0.0426. The van der Waals surface area contributed by atoms with E-state index in [9.17, 15) is 48.3 Å².